The first-order valence-electron chi connectivity index (χ1n) is 12.7. The molecule has 0 saturated heterocycles. The third-order valence-electron chi connectivity index (χ3n) is 8.25. The molecule has 0 spiro atoms. The summed E-state index contributed by atoms with van der Waals surface area (Å²) in [4.78, 5) is 0. The summed E-state index contributed by atoms with van der Waals surface area (Å²) in [6.45, 7) is 12.2. The molecule has 0 amide bonds. The lowest BCUT2D eigenvalue weighted by Crippen LogP contribution is -2.42. The molecule has 2 aliphatic rings. The standard InChI is InChI=1S/C33H33NSi/c1-22-19-29-27(25-13-8-6-9-14-25)17-12-18-28(29)32(22)35(4,5)33-23(2)20-31-30(33)21-24(3)34(31)26-15-10-7-11-16-26/h6-21,32-33H,1-5H3. The topological polar surface area (TPSA) is 4.93 Å². The third kappa shape index (κ3) is 3.35. The van der Waals surface area contributed by atoms with Crippen LogP contribution in [0.3, 0.4) is 0 Å². The molecule has 2 atom stereocenters. The van der Waals surface area contributed by atoms with Gasteiger partial charge in [0.25, 0.3) is 0 Å². The van der Waals surface area contributed by atoms with Crippen LogP contribution in [0.4, 0.5) is 0 Å². The summed E-state index contributed by atoms with van der Waals surface area (Å²) in [6.07, 6.45) is 4.94. The number of allylic oxidation sites excluding steroid dienone is 2. The van der Waals surface area contributed by atoms with Gasteiger partial charge in [-0.15, -0.1) is 0 Å². The van der Waals surface area contributed by atoms with Gasteiger partial charge in [-0.05, 0) is 72.9 Å². The fraction of sp³-hybridized carbons (Fsp3) is 0.212. The fourth-order valence-corrected chi connectivity index (χ4v) is 12.0. The molecule has 35 heavy (non-hydrogen) atoms. The van der Waals surface area contributed by atoms with Crippen LogP contribution in [-0.4, -0.2) is 12.6 Å². The average Bonchev–Trinajstić information content (AvgIpc) is 3.46. The van der Waals surface area contributed by atoms with Crippen molar-refractivity contribution in [2.24, 2.45) is 0 Å². The molecule has 0 fully saturated rings. The predicted molar refractivity (Wildman–Crippen MR) is 153 cm³/mol. The zero-order valence-electron chi connectivity index (χ0n) is 21.3. The highest BCUT2D eigenvalue weighted by molar-refractivity contribution is 6.81. The zero-order chi connectivity index (χ0) is 24.3. The number of rotatable bonds is 4. The summed E-state index contributed by atoms with van der Waals surface area (Å²) in [5.41, 5.74) is 15.2. The number of para-hydroxylation sites is 1. The lowest BCUT2D eigenvalue weighted by molar-refractivity contribution is 0.966. The van der Waals surface area contributed by atoms with E-state index < -0.39 is 8.07 Å². The Morgan fingerprint density at radius 2 is 1.29 bits per heavy atom. The summed E-state index contributed by atoms with van der Waals surface area (Å²) in [6, 6.07) is 31.1. The highest BCUT2D eigenvalue weighted by Crippen LogP contribution is 2.53. The first kappa shape index (κ1) is 22.1. The quantitative estimate of drug-likeness (QED) is 0.262. The van der Waals surface area contributed by atoms with Crippen molar-refractivity contribution in [3.8, 4) is 16.8 Å². The highest BCUT2D eigenvalue weighted by atomic mass is 28.3. The molecule has 1 heterocycles. The number of aryl methyl sites for hydroxylation is 1. The van der Waals surface area contributed by atoms with Crippen molar-refractivity contribution < 1.29 is 0 Å². The Hall–Kier alpha value is -3.36. The van der Waals surface area contributed by atoms with Gasteiger partial charge in [-0.3, -0.25) is 0 Å². The molecule has 1 nitrogen and oxygen atoms in total. The maximum absolute atomic E-state index is 2.62. The summed E-state index contributed by atoms with van der Waals surface area (Å²) >= 11 is 0. The van der Waals surface area contributed by atoms with Gasteiger partial charge in [-0.2, -0.15) is 0 Å². The lowest BCUT2D eigenvalue weighted by atomic mass is 9.97. The summed E-state index contributed by atoms with van der Waals surface area (Å²) in [5, 5.41) is 0. The van der Waals surface area contributed by atoms with Crippen LogP contribution >= 0.6 is 0 Å². The molecule has 0 bridgehead atoms. The largest absolute Gasteiger partial charge is 0.314 e. The van der Waals surface area contributed by atoms with E-state index in [-0.39, 0.29) is 0 Å². The van der Waals surface area contributed by atoms with Gasteiger partial charge >= 0.3 is 0 Å². The Kier molecular flexibility index (Phi) is 5.12. The fourth-order valence-electron chi connectivity index (χ4n) is 7.09. The van der Waals surface area contributed by atoms with Crippen molar-refractivity contribution in [2.75, 3.05) is 0 Å². The molecule has 0 N–H and O–H groups in total. The second-order valence-electron chi connectivity index (χ2n) is 10.9. The summed E-state index contributed by atoms with van der Waals surface area (Å²) < 4.78 is 2.45. The van der Waals surface area contributed by atoms with Gasteiger partial charge in [-0.25, -0.2) is 0 Å². The number of hydrogen-bond acceptors (Lipinski definition) is 0. The van der Waals surface area contributed by atoms with Gasteiger partial charge < -0.3 is 4.57 Å². The van der Waals surface area contributed by atoms with Gasteiger partial charge in [0.05, 0.1) is 8.07 Å². The zero-order valence-corrected chi connectivity index (χ0v) is 22.3. The summed E-state index contributed by atoms with van der Waals surface area (Å²) in [5.74, 6) is 0. The molecule has 2 unspecified atom stereocenters. The Morgan fingerprint density at radius 1 is 0.657 bits per heavy atom. The van der Waals surface area contributed by atoms with Crippen LogP contribution in [0, 0.1) is 6.92 Å². The van der Waals surface area contributed by atoms with Crippen molar-refractivity contribution in [3.05, 3.63) is 124 Å². The lowest BCUT2D eigenvalue weighted by Gasteiger charge is -2.38. The summed E-state index contributed by atoms with van der Waals surface area (Å²) in [7, 11) is -1.85. The average molecular weight is 472 g/mol. The third-order valence-corrected chi connectivity index (χ3v) is 12.8. The second-order valence-corrected chi connectivity index (χ2v) is 15.7. The van der Waals surface area contributed by atoms with E-state index in [9.17, 15) is 0 Å². The van der Waals surface area contributed by atoms with Crippen molar-refractivity contribution in [3.63, 3.8) is 0 Å². The molecular weight excluding hydrogens is 438 g/mol. The molecular formula is C33H33NSi. The maximum Gasteiger partial charge on any atom is 0.0722 e. The van der Waals surface area contributed by atoms with E-state index in [4.69, 9.17) is 0 Å². The van der Waals surface area contributed by atoms with Crippen LogP contribution in [0.5, 0.6) is 0 Å². The van der Waals surface area contributed by atoms with Gasteiger partial charge in [-0.1, -0.05) is 97.0 Å². The van der Waals surface area contributed by atoms with Crippen molar-refractivity contribution in [2.45, 2.75) is 44.9 Å². The van der Waals surface area contributed by atoms with E-state index >= 15 is 0 Å². The van der Waals surface area contributed by atoms with E-state index in [1.54, 1.807) is 0 Å². The van der Waals surface area contributed by atoms with Crippen LogP contribution in [0.1, 0.15) is 53.0 Å². The number of aromatic nitrogens is 1. The minimum atomic E-state index is -1.85. The van der Waals surface area contributed by atoms with Crippen LogP contribution in [0.25, 0.3) is 29.0 Å². The smallest absolute Gasteiger partial charge is 0.0722 e. The highest BCUT2D eigenvalue weighted by Gasteiger charge is 2.47. The van der Waals surface area contributed by atoms with Crippen LogP contribution in [0.15, 0.2) is 96.1 Å². The predicted octanol–water partition coefficient (Wildman–Crippen LogP) is 8.94. The molecule has 2 heteroatoms. The van der Waals surface area contributed by atoms with Gasteiger partial charge in [0.15, 0.2) is 0 Å². The maximum atomic E-state index is 2.62. The minimum absolute atomic E-state index is 0.515. The number of hydrogen-bond donors (Lipinski definition) is 0. The minimum Gasteiger partial charge on any atom is -0.314 e. The number of fused-ring (bicyclic) bond motifs is 2. The first-order chi connectivity index (χ1) is 16.9. The number of benzene rings is 3. The second kappa shape index (κ2) is 8.10. The van der Waals surface area contributed by atoms with Crippen molar-refractivity contribution >= 4 is 20.2 Å². The SMILES string of the molecule is CC1=Cc2c(-c3ccccc3)cccc2C1[Si](C)(C)C1C(C)=Cc2c1cc(C)n2-c1ccccc1. The van der Waals surface area contributed by atoms with E-state index in [0.29, 0.717) is 11.1 Å². The molecule has 0 radical (unpaired) electrons. The van der Waals surface area contributed by atoms with Crippen molar-refractivity contribution in [1.82, 2.24) is 4.57 Å². The van der Waals surface area contributed by atoms with E-state index in [2.05, 4.69) is 136 Å². The van der Waals surface area contributed by atoms with Gasteiger partial charge in [0.2, 0.25) is 0 Å². The molecule has 6 rings (SSSR count). The molecule has 0 saturated carbocycles. The molecule has 174 valence electrons. The van der Waals surface area contributed by atoms with Crippen LogP contribution in [-0.2, 0) is 0 Å². The Bertz CT molecular complexity index is 1490. The van der Waals surface area contributed by atoms with Crippen molar-refractivity contribution in [1.29, 1.82) is 0 Å². The van der Waals surface area contributed by atoms with Gasteiger partial charge in [0, 0.05) is 28.2 Å². The molecule has 3 aromatic carbocycles. The van der Waals surface area contributed by atoms with E-state index in [0.717, 1.165) is 0 Å². The normalized spacial score (nSPS) is 18.8. The molecule has 0 aliphatic heterocycles. The van der Waals surface area contributed by atoms with E-state index in [1.807, 2.05) is 0 Å². The Labute approximate surface area is 210 Å². The monoisotopic (exact) mass is 471 g/mol. The Morgan fingerprint density at radius 3 is 2.00 bits per heavy atom. The first-order valence-corrected chi connectivity index (χ1v) is 15.9. The van der Waals surface area contributed by atoms with Gasteiger partial charge in [0.1, 0.15) is 0 Å². The Balaban J connectivity index is 1.46. The molecule has 1 aromatic heterocycles. The van der Waals surface area contributed by atoms with E-state index in [1.165, 1.54) is 56.0 Å². The molecule has 4 aromatic rings. The number of nitrogens with zero attached hydrogens (tertiary/aromatic N) is 1. The van der Waals surface area contributed by atoms with Crippen LogP contribution < -0.4 is 0 Å². The van der Waals surface area contributed by atoms with Crippen LogP contribution in [0.2, 0.25) is 13.1 Å². The molecule has 2 aliphatic carbocycles.